The molecule has 0 aliphatic heterocycles. The van der Waals surface area contributed by atoms with Gasteiger partial charge in [0.15, 0.2) is 11.6 Å². The van der Waals surface area contributed by atoms with Crippen molar-refractivity contribution in [1.29, 1.82) is 0 Å². The second-order valence-corrected chi connectivity index (χ2v) is 8.68. The van der Waals surface area contributed by atoms with E-state index in [1.54, 1.807) is 24.3 Å². The number of hydrogen-bond donors (Lipinski definition) is 2. The number of rotatable bonds is 3. The van der Waals surface area contributed by atoms with Crippen molar-refractivity contribution >= 4 is 43.8 Å². The molecule has 0 radical (unpaired) electrons. The molecule has 0 atom stereocenters. The van der Waals surface area contributed by atoms with Gasteiger partial charge in [-0.05, 0) is 35.0 Å². The van der Waals surface area contributed by atoms with Gasteiger partial charge in [-0.3, -0.25) is 14.1 Å². The van der Waals surface area contributed by atoms with Crippen LogP contribution >= 0.6 is 0 Å². The smallest absolute Gasteiger partial charge is 0.294 e. The first-order valence-electron chi connectivity index (χ1n) is 9.43. The minimum absolute atomic E-state index is 0.0675. The van der Waals surface area contributed by atoms with E-state index in [-0.39, 0.29) is 27.9 Å². The van der Waals surface area contributed by atoms with Gasteiger partial charge in [0, 0.05) is 22.4 Å². The van der Waals surface area contributed by atoms with E-state index in [4.69, 9.17) is 0 Å². The van der Waals surface area contributed by atoms with Crippen LogP contribution in [0, 0.1) is 0 Å². The molecule has 31 heavy (non-hydrogen) atoms. The van der Waals surface area contributed by atoms with Gasteiger partial charge in [0.2, 0.25) is 0 Å². The van der Waals surface area contributed by atoms with Crippen molar-refractivity contribution in [1.82, 2.24) is 0 Å². The zero-order chi connectivity index (χ0) is 21.8. The van der Waals surface area contributed by atoms with Gasteiger partial charge in [-0.15, -0.1) is 0 Å². The fourth-order valence-corrected chi connectivity index (χ4v) is 4.40. The van der Waals surface area contributed by atoms with E-state index in [1.807, 2.05) is 36.4 Å². The predicted octanol–water partition coefficient (Wildman–Crippen LogP) is 4.61. The zero-order valence-electron chi connectivity index (χ0n) is 16.0. The average molecular weight is 429 g/mol. The minimum Gasteiger partial charge on any atom is -0.355 e. The fraction of sp³-hybridized carbons (Fsp3) is 0. The number of benzene rings is 4. The standard InChI is InChI=1S/C24H15NO5S/c26-23-18-7-3-4-8-19(18)24(27)22-20(23)12-17(31(28,29)30)13-21(22)25-16-10-9-14-5-1-2-6-15(14)11-16/h1-13,25H,(H,28,29,30). The van der Waals surface area contributed by atoms with Crippen LogP contribution in [0.25, 0.3) is 10.8 Å². The van der Waals surface area contributed by atoms with Crippen molar-refractivity contribution in [3.8, 4) is 0 Å². The third-order valence-electron chi connectivity index (χ3n) is 5.33. The molecule has 0 fully saturated rings. The maximum atomic E-state index is 13.2. The second kappa shape index (κ2) is 6.87. The number of hydrogen-bond acceptors (Lipinski definition) is 5. The lowest BCUT2D eigenvalue weighted by Gasteiger charge is -2.22. The SMILES string of the molecule is O=C1c2ccccc2C(=O)c2c(Nc3ccc4ccccc4c3)cc(S(=O)(=O)O)cc21. The molecule has 5 rings (SSSR count). The number of carbonyl (C=O) groups is 2. The maximum Gasteiger partial charge on any atom is 0.294 e. The molecule has 2 N–H and O–H groups in total. The third-order valence-corrected chi connectivity index (χ3v) is 6.16. The van der Waals surface area contributed by atoms with Gasteiger partial charge < -0.3 is 5.32 Å². The van der Waals surface area contributed by atoms with E-state index in [1.165, 1.54) is 12.1 Å². The summed E-state index contributed by atoms with van der Waals surface area (Å²) < 4.78 is 33.3. The first kappa shape index (κ1) is 19.2. The molecule has 0 amide bonds. The van der Waals surface area contributed by atoms with Crippen molar-refractivity contribution in [2.24, 2.45) is 0 Å². The number of ketones is 2. The lowest BCUT2D eigenvalue weighted by atomic mass is 9.83. The number of nitrogens with one attached hydrogen (secondary N) is 1. The lowest BCUT2D eigenvalue weighted by Crippen LogP contribution is -2.23. The third kappa shape index (κ3) is 3.20. The Kier molecular flexibility index (Phi) is 4.25. The highest BCUT2D eigenvalue weighted by molar-refractivity contribution is 7.85. The van der Waals surface area contributed by atoms with Crippen LogP contribution in [0.3, 0.4) is 0 Å². The summed E-state index contributed by atoms with van der Waals surface area (Å²) in [4.78, 5) is 25.8. The normalized spacial score (nSPS) is 13.1. The fourth-order valence-electron chi connectivity index (χ4n) is 3.87. The molecule has 7 heteroatoms. The highest BCUT2D eigenvalue weighted by Crippen LogP contribution is 2.36. The summed E-state index contributed by atoms with van der Waals surface area (Å²) in [7, 11) is -4.61. The quantitative estimate of drug-likeness (QED) is 0.407. The monoisotopic (exact) mass is 429 g/mol. The molecule has 1 aliphatic carbocycles. The van der Waals surface area contributed by atoms with Crippen LogP contribution in [-0.2, 0) is 10.1 Å². The van der Waals surface area contributed by atoms with E-state index in [2.05, 4.69) is 5.32 Å². The summed E-state index contributed by atoms with van der Waals surface area (Å²) in [5.41, 5.74) is 1.19. The van der Waals surface area contributed by atoms with Crippen LogP contribution in [0.15, 0.2) is 83.8 Å². The molecule has 0 aromatic heterocycles. The predicted molar refractivity (Wildman–Crippen MR) is 117 cm³/mol. The molecule has 4 aromatic carbocycles. The summed E-state index contributed by atoms with van der Waals surface area (Å²) in [5, 5.41) is 5.03. The van der Waals surface area contributed by atoms with Crippen molar-refractivity contribution in [3.05, 3.63) is 101 Å². The Morgan fingerprint density at radius 3 is 2.03 bits per heavy atom. The number of carbonyl (C=O) groups excluding carboxylic acids is 2. The molecular formula is C24H15NO5S. The molecule has 0 saturated heterocycles. The molecule has 6 nitrogen and oxygen atoms in total. The van der Waals surface area contributed by atoms with Gasteiger partial charge in [-0.25, -0.2) is 0 Å². The van der Waals surface area contributed by atoms with E-state index >= 15 is 0 Å². The summed E-state index contributed by atoms with van der Waals surface area (Å²) in [5.74, 6) is -0.868. The van der Waals surface area contributed by atoms with Crippen LogP contribution in [0.2, 0.25) is 0 Å². The van der Waals surface area contributed by atoms with Crippen LogP contribution in [0.4, 0.5) is 11.4 Å². The molecule has 0 unspecified atom stereocenters. The first-order valence-corrected chi connectivity index (χ1v) is 10.9. The topological polar surface area (TPSA) is 101 Å². The first-order chi connectivity index (χ1) is 14.8. The lowest BCUT2D eigenvalue weighted by molar-refractivity contribution is 0.0979. The molecule has 4 aromatic rings. The van der Waals surface area contributed by atoms with Gasteiger partial charge >= 0.3 is 0 Å². The van der Waals surface area contributed by atoms with E-state index in [9.17, 15) is 22.6 Å². The summed E-state index contributed by atoms with van der Waals surface area (Å²) in [6.07, 6.45) is 0. The Hall–Kier alpha value is -3.81. The molecule has 1 aliphatic rings. The Morgan fingerprint density at radius 2 is 1.32 bits per heavy atom. The van der Waals surface area contributed by atoms with Crippen molar-refractivity contribution in [2.45, 2.75) is 4.90 Å². The highest BCUT2D eigenvalue weighted by Gasteiger charge is 2.33. The van der Waals surface area contributed by atoms with Crippen molar-refractivity contribution in [2.75, 3.05) is 5.32 Å². The largest absolute Gasteiger partial charge is 0.355 e. The Balaban J connectivity index is 1.72. The summed E-state index contributed by atoms with van der Waals surface area (Å²) >= 11 is 0. The average Bonchev–Trinajstić information content (AvgIpc) is 2.76. The van der Waals surface area contributed by atoms with Gasteiger partial charge in [0.25, 0.3) is 10.1 Å². The Labute approximate surface area is 177 Å². The van der Waals surface area contributed by atoms with Gasteiger partial charge in [0.05, 0.1) is 16.1 Å². The summed E-state index contributed by atoms with van der Waals surface area (Å²) in [6.45, 7) is 0. The number of anilines is 2. The van der Waals surface area contributed by atoms with Crippen LogP contribution in [-0.4, -0.2) is 24.5 Å². The Morgan fingerprint density at radius 1 is 0.677 bits per heavy atom. The summed E-state index contributed by atoms with van der Waals surface area (Å²) in [6, 6.07) is 21.8. The maximum absolute atomic E-state index is 13.2. The Bertz CT molecular complexity index is 1520. The molecule has 0 saturated carbocycles. The molecule has 0 heterocycles. The van der Waals surface area contributed by atoms with E-state index in [0.29, 0.717) is 5.69 Å². The van der Waals surface area contributed by atoms with E-state index in [0.717, 1.165) is 16.8 Å². The molecule has 0 spiro atoms. The second-order valence-electron chi connectivity index (χ2n) is 7.26. The minimum atomic E-state index is -4.61. The van der Waals surface area contributed by atoms with Crippen molar-refractivity contribution < 1.29 is 22.6 Å². The van der Waals surface area contributed by atoms with Crippen molar-refractivity contribution in [3.63, 3.8) is 0 Å². The van der Waals surface area contributed by atoms with Gasteiger partial charge in [-0.1, -0.05) is 54.6 Å². The van der Waals surface area contributed by atoms with Crippen LogP contribution in [0.1, 0.15) is 31.8 Å². The number of fused-ring (bicyclic) bond motifs is 3. The van der Waals surface area contributed by atoms with Gasteiger partial charge in [0.1, 0.15) is 0 Å². The van der Waals surface area contributed by atoms with Gasteiger partial charge in [-0.2, -0.15) is 8.42 Å². The molecule has 152 valence electrons. The molecule has 0 bridgehead atoms. The zero-order valence-corrected chi connectivity index (χ0v) is 16.8. The van der Waals surface area contributed by atoms with E-state index < -0.39 is 26.6 Å². The van der Waals surface area contributed by atoms with Crippen LogP contribution < -0.4 is 5.32 Å². The van der Waals surface area contributed by atoms with Crippen LogP contribution in [0.5, 0.6) is 0 Å². The molecular weight excluding hydrogens is 414 g/mol. The highest BCUT2D eigenvalue weighted by atomic mass is 32.2.